The number of hydrogen-bond donors (Lipinski definition) is 1. The Kier molecular flexibility index (Phi) is 5.20. The largest absolute Gasteiger partial charge is 0.497 e. The van der Waals surface area contributed by atoms with Crippen LogP contribution in [-0.2, 0) is 4.79 Å². The van der Waals surface area contributed by atoms with E-state index >= 15 is 0 Å². The van der Waals surface area contributed by atoms with Gasteiger partial charge in [0.15, 0.2) is 0 Å². The molecule has 4 nitrogen and oxygen atoms in total. The van der Waals surface area contributed by atoms with Gasteiger partial charge in [0.1, 0.15) is 17.4 Å². The van der Waals surface area contributed by atoms with Gasteiger partial charge in [0.05, 0.1) is 7.11 Å². The van der Waals surface area contributed by atoms with E-state index in [1.807, 2.05) is 6.07 Å². The van der Waals surface area contributed by atoms with E-state index in [9.17, 15) is 4.79 Å². The second kappa shape index (κ2) is 6.92. The molecule has 0 heterocycles. The van der Waals surface area contributed by atoms with Gasteiger partial charge in [-0.15, -0.1) is 6.58 Å². The van der Waals surface area contributed by atoms with Crippen LogP contribution in [0.1, 0.15) is 5.56 Å². The maximum Gasteiger partial charge on any atom is 0.262 e. The fourth-order valence-corrected chi connectivity index (χ4v) is 1.31. The zero-order valence-corrected chi connectivity index (χ0v) is 10.1. The van der Waals surface area contributed by atoms with Crippen LogP contribution < -0.4 is 10.1 Å². The van der Waals surface area contributed by atoms with Crippen molar-refractivity contribution in [1.29, 1.82) is 5.26 Å². The first-order chi connectivity index (χ1) is 8.71. The van der Waals surface area contributed by atoms with Gasteiger partial charge < -0.3 is 10.1 Å². The lowest BCUT2D eigenvalue weighted by Crippen LogP contribution is -2.24. The molecule has 0 aromatic heterocycles. The summed E-state index contributed by atoms with van der Waals surface area (Å²) in [7, 11) is 1.56. The van der Waals surface area contributed by atoms with Gasteiger partial charge in [0.25, 0.3) is 5.91 Å². The normalized spacial score (nSPS) is 10.3. The van der Waals surface area contributed by atoms with Gasteiger partial charge in [-0.2, -0.15) is 5.26 Å². The number of amides is 1. The Morgan fingerprint density at radius 3 is 3.00 bits per heavy atom. The number of methoxy groups -OCH3 is 1. The Morgan fingerprint density at radius 1 is 1.61 bits per heavy atom. The number of benzene rings is 1. The van der Waals surface area contributed by atoms with Gasteiger partial charge in [-0.1, -0.05) is 18.2 Å². The third-order valence-corrected chi connectivity index (χ3v) is 2.18. The van der Waals surface area contributed by atoms with E-state index in [1.165, 1.54) is 6.08 Å². The summed E-state index contributed by atoms with van der Waals surface area (Å²) in [4.78, 5) is 11.6. The molecule has 0 bridgehead atoms. The molecule has 0 aliphatic rings. The van der Waals surface area contributed by atoms with E-state index in [0.29, 0.717) is 12.3 Å². The lowest BCUT2D eigenvalue weighted by molar-refractivity contribution is -0.116. The van der Waals surface area contributed by atoms with E-state index in [4.69, 9.17) is 10.00 Å². The van der Waals surface area contributed by atoms with Gasteiger partial charge in [0.2, 0.25) is 0 Å². The van der Waals surface area contributed by atoms with Crippen LogP contribution in [-0.4, -0.2) is 19.6 Å². The quantitative estimate of drug-likeness (QED) is 0.487. The lowest BCUT2D eigenvalue weighted by atomic mass is 10.1. The minimum absolute atomic E-state index is 0.0464. The number of nitriles is 1. The molecule has 1 aromatic rings. The van der Waals surface area contributed by atoms with Crippen LogP contribution in [0.25, 0.3) is 6.08 Å². The summed E-state index contributed by atoms with van der Waals surface area (Å²) >= 11 is 0. The fourth-order valence-electron chi connectivity index (χ4n) is 1.31. The van der Waals surface area contributed by atoms with Crippen LogP contribution in [0.2, 0.25) is 0 Å². The second-order valence-corrected chi connectivity index (χ2v) is 3.45. The van der Waals surface area contributed by atoms with Crippen molar-refractivity contribution in [2.45, 2.75) is 0 Å². The van der Waals surface area contributed by atoms with E-state index < -0.39 is 5.91 Å². The van der Waals surface area contributed by atoms with Gasteiger partial charge >= 0.3 is 0 Å². The molecule has 18 heavy (non-hydrogen) atoms. The minimum atomic E-state index is -0.416. The van der Waals surface area contributed by atoms with Crippen molar-refractivity contribution in [2.24, 2.45) is 0 Å². The highest BCUT2D eigenvalue weighted by Gasteiger charge is 2.07. The molecule has 0 aliphatic carbocycles. The Labute approximate surface area is 106 Å². The summed E-state index contributed by atoms with van der Waals surface area (Å²) in [5.74, 6) is 0.257. The Balaban J connectivity index is 2.93. The predicted molar refractivity (Wildman–Crippen MR) is 69.8 cm³/mol. The number of hydrogen-bond acceptors (Lipinski definition) is 3. The minimum Gasteiger partial charge on any atom is -0.497 e. The first-order valence-electron chi connectivity index (χ1n) is 5.36. The van der Waals surface area contributed by atoms with Crippen LogP contribution in [0, 0.1) is 11.3 Å². The average Bonchev–Trinajstić information content (AvgIpc) is 2.42. The molecule has 0 aliphatic heterocycles. The molecular formula is C14H14N2O2. The molecule has 0 radical (unpaired) electrons. The van der Waals surface area contributed by atoms with Gasteiger partial charge in [-0.25, -0.2) is 0 Å². The van der Waals surface area contributed by atoms with Crippen molar-refractivity contribution < 1.29 is 9.53 Å². The molecule has 4 heteroatoms. The second-order valence-electron chi connectivity index (χ2n) is 3.45. The molecule has 1 amide bonds. The van der Waals surface area contributed by atoms with Gasteiger partial charge in [-0.3, -0.25) is 4.79 Å². The van der Waals surface area contributed by atoms with E-state index in [0.717, 1.165) is 5.56 Å². The van der Waals surface area contributed by atoms with Crippen molar-refractivity contribution in [3.8, 4) is 11.8 Å². The standard InChI is InChI=1S/C14H14N2O2/c1-3-7-16-14(17)12(10-15)8-11-5-4-6-13(9-11)18-2/h3-6,8-9H,1,7H2,2H3,(H,16,17)/b12-8+. The van der Waals surface area contributed by atoms with Crippen LogP contribution >= 0.6 is 0 Å². The van der Waals surface area contributed by atoms with E-state index in [1.54, 1.807) is 37.5 Å². The molecular weight excluding hydrogens is 228 g/mol. The van der Waals surface area contributed by atoms with Crippen molar-refractivity contribution in [3.05, 3.63) is 48.1 Å². The molecule has 92 valence electrons. The number of carbonyl (C=O) groups excluding carboxylic acids is 1. The highest BCUT2D eigenvalue weighted by atomic mass is 16.5. The molecule has 0 fully saturated rings. The number of carbonyl (C=O) groups is 1. The maximum absolute atomic E-state index is 11.6. The summed E-state index contributed by atoms with van der Waals surface area (Å²) in [6.45, 7) is 3.82. The van der Waals surface area contributed by atoms with Crippen LogP contribution in [0.15, 0.2) is 42.5 Å². The van der Waals surface area contributed by atoms with Gasteiger partial charge in [-0.05, 0) is 23.8 Å². The molecule has 0 saturated heterocycles. The van der Waals surface area contributed by atoms with Gasteiger partial charge in [0, 0.05) is 6.54 Å². The molecule has 0 spiro atoms. The van der Waals surface area contributed by atoms with Crippen LogP contribution in [0.3, 0.4) is 0 Å². The third kappa shape index (κ3) is 3.80. The summed E-state index contributed by atoms with van der Waals surface area (Å²) in [6.07, 6.45) is 3.07. The topological polar surface area (TPSA) is 62.1 Å². The highest BCUT2D eigenvalue weighted by molar-refractivity contribution is 6.01. The van der Waals surface area contributed by atoms with Crippen molar-refractivity contribution >= 4 is 12.0 Å². The summed E-state index contributed by atoms with van der Waals surface area (Å²) < 4.78 is 5.07. The lowest BCUT2D eigenvalue weighted by Gasteiger charge is -2.02. The average molecular weight is 242 g/mol. The molecule has 0 saturated carbocycles. The SMILES string of the molecule is C=CCNC(=O)/C(C#N)=C/c1cccc(OC)c1. The Bertz CT molecular complexity index is 513. The zero-order valence-electron chi connectivity index (χ0n) is 10.1. The third-order valence-electron chi connectivity index (χ3n) is 2.18. The smallest absolute Gasteiger partial charge is 0.262 e. The molecule has 1 aromatic carbocycles. The Morgan fingerprint density at radius 2 is 2.39 bits per heavy atom. The monoisotopic (exact) mass is 242 g/mol. The molecule has 1 rings (SSSR count). The molecule has 0 unspecified atom stereocenters. The van der Waals surface area contributed by atoms with Crippen molar-refractivity contribution in [1.82, 2.24) is 5.32 Å². The number of nitrogens with zero attached hydrogens (tertiary/aromatic N) is 1. The zero-order chi connectivity index (χ0) is 13.4. The van der Waals surface area contributed by atoms with Crippen LogP contribution in [0.5, 0.6) is 5.75 Å². The predicted octanol–water partition coefficient (Wildman–Crippen LogP) is 1.90. The number of rotatable bonds is 5. The van der Waals surface area contributed by atoms with E-state index in [2.05, 4.69) is 11.9 Å². The fraction of sp³-hybridized carbons (Fsp3) is 0.143. The summed E-state index contributed by atoms with van der Waals surface area (Å²) in [5.41, 5.74) is 0.782. The molecule has 0 atom stereocenters. The highest BCUT2D eigenvalue weighted by Crippen LogP contribution is 2.15. The number of ether oxygens (including phenoxy) is 1. The van der Waals surface area contributed by atoms with E-state index in [-0.39, 0.29) is 5.57 Å². The number of nitrogens with one attached hydrogen (secondary N) is 1. The first kappa shape index (κ1) is 13.5. The maximum atomic E-state index is 11.6. The molecule has 1 N–H and O–H groups in total. The van der Waals surface area contributed by atoms with Crippen LogP contribution in [0.4, 0.5) is 0 Å². The Hall–Kier alpha value is -2.54. The first-order valence-corrected chi connectivity index (χ1v) is 5.36. The summed E-state index contributed by atoms with van der Waals surface area (Å²) in [6, 6.07) is 9.00. The van der Waals surface area contributed by atoms with Crippen molar-refractivity contribution in [2.75, 3.05) is 13.7 Å². The van der Waals surface area contributed by atoms with Crippen molar-refractivity contribution in [3.63, 3.8) is 0 Å². The summed E-state index contributed by atoms with van der Waals surface area (Å²) in [5, 5.41) is 11.5.